The summed E-state index contributed by atoms with van der Waals surface area (Å²) in [5, 5.41) is 6.75. The van der Waals surface area contributed by atoms with Crippen LogP contribution in [0.25, 0.3) is 0 Å². The molecule has 1 heterocycles. The number of nitrogens with zero attached hydrogens (tertiary/aromatic N) is 2. The highest BCUT2D eigenvalue weighted by atomic mass is 79.9. The normalized spacial score (nSPS) is 12.1. The van der Waals surface area contributed by atoms with E-state index < -0.39 is 0 Å². The van der Waals surface area contributed by atoms with E-state index in [0.29, 0.717) is 18.1 Å². The Hall–Kier alpha value is -1.69. The summed E-state index contributed by atoms with van der Waals surface area (Å²) in [6.45, 7) is 4.26. The molecule has 112 valence electrons. The molecule has 21 heavy (non-hydrogen) atoms. The minimum absolute atomic E-state index is 0.00166. The second-order valence-electron chi connectivity index (χ2n) is 4.85. The molecular weight excluding hydrogens is 334 g/mol. The van der Waals surface area contributed by atoms with Gasteiger partial charge in [0.15, 0.2) is 5.82 Å². The van der Waals surface area contributed by atoms with Crippen LogP contribution < -0.4 is 5.32 Å². The van der Waals surface area contributed by atoms with Crippen molar-refractivity contribution >= 4 is 21.8 Å². The highest BCUT2D eigenvalue weighted by molar-refractivity contribution is 9.10. The first-order chi connectivity index (χ1) is 10.1. The lowest BCUT2D eigenvalue weighted by Crippen LogP contribution is -2.22. The van der Waals surface area contributed by atoms with Crippen LogP contribution in [0.15, 0.2) is 33.3 Å². The van der Waals surface area contributed by atoms with Crippen molar-refractivity contribution in [3.05, 3.63) is 46.0 Å². The predicted octanol–water partition coefficient (Wildman–Crippen LogP) is 3.40. The number of aromatic nitrogens is 2. The summed E-state index contributed by atoms with van der Waals surface area (Å²) in [5.41, 5.74) is 1.11. The fourth-order valence-corrected chi connectivity index (χ4v) is 2.17. The highest BCUT2D eigenvalue weighted by Gasteiger charge is 2.16. The molecule has 1 aromatic heterocycles. The van der Waals surface area contributed by atoms with Crippen LogP contribution in [0.1, 0.15) is 49.9 Å². The van der Waals surface area contributed by atoms with Gasteiger partial charge in [0, 0.05) is 16.8 Å². The van der Waals surface area contributed by atoms with Gasteiger partial charge in [0.1, 0.15) is 0 Å². The number of hydrogen-bond acceptors (Lipinski definition) is 4. The van der Waals surface area contributed by atoms with Crippen LogP contribution in [0, 0.1) is 0 Å². The van der Waals surface area contributed by atoms with Gasteiger partial charge < -0.3 is 9.84 Å². The first kappa shape index (κ1) is 15.7. The van der Waals surface area contributed by atoms with Gasteiger partial charge in [-0.05, 0) is 24.1 Å². The van der Waals surface area contributed by atoms with Gasteiger partial charge in [0.25, 0.3) is 0 Å². The van der Waals surface area contributed by atoms with Gasteiger partial charge in [-0.1, -0.05) is 47.1 Å². The maximum atomic E-state index is 11.4. The van der Waals surface area contributed by atoms with Gasteiger partial charge in [-0.15, -0.1) is 0 Å². The smallest absolute Gasteiger partial charge is 0.246 e. The number of carbonyl (C=O) groups excluding carboxylic acids is 1. The monoisotopic (exact) mass is 351 g/mol. The Kier molecular flexibility index (Phi) is 5.50. The number of rotatable bonds is 6. The number of nitrogens with one attached hydrogen (secondary N) is 1. The Morgan fingerprint density at radius 3 is 2.76 bits per heavy atom. The van der Waals surface area contributed by atoms with E-state index in [1.54, 1.807) is 0 Å². The second kappa shape index (κ2) is 7.36. The molecule has 6 heteroatoms. The van der Waals surface area contributed by atoms with E-state index in [1.807, 2.05) is 38.1 Å². The zero-order valence-electron chi connectivity index (χ0n) is 12.1. The molecule has 1 N–H and O–H groups in total. The first-order valence-electron chi connectivity index (χ1n) is 6.94. The molecule has 2 rings (SSSR count). The Bertz CT molecular complexity index is 595. The summed E-state index contributed by atoms with van der Waals surface area (Å²) in [4.78, 5) is 15.7. The minimum Gasteiger partial charge on any atom is -0.347 e. The topological polar surface area (TPSA) is 68.0 Å². The van der Waals surface area contributed by atoms with Crippen molar-refractivity contribution in [3.63, 3.8) is 0 Å². The van der Waals surface area contributed by atoms with E-state index in [-0.39, 0.29) is 18.4 Å². The van der Waals surface area contributed by atoms with E-state index >= 15 is 0 Å². The molecule has 0 fully saturated rings. The SMILES string of the molecule is CCCC(=O)NCc1nc(C(C)c2ccc(Br)cc2)no1. The third kappa shape index (κ3) is 4.39. The lowest BCUT2D eigenvalue weighted by molar-refractivity contribution is -0.121. The van der Waals surface area contributed by atoms with E-state index in [4.69, 9.17) is 4.52 Å². The van der Waals surface area contributed by atoms with Crippen molar-refractivity contribution in [2.75, 3.05) is 0 Å². The quantitative estimate of drug-likeness (QED) is 0.865. The van der Waals surface area contributed by atoms with Crippen molar-refractivity contribution in [2.24, 2.45) is 0 Å². The largest absolute Gasteiger partial charge is 0.347 e. The predicted molar refractivity (Wildman–Crippen MR) is 82.7 cm³/mol. The van der Waals surface area contributed by atoms with Crippen LogP contribution in [-0.4, -0.2) is 16.0 Å². The third-order valence-corrected chi connectivity index (χ3v) is 3.68. The van der Waals surface area contributed by atoms with Crippen LogP contribution in [0.4, 0.5) is 0 Å². The number of carbonyl (C=O) groups is 1. The Balaban J connectivity index is 1.98. The molecule has 0 bridgehead atoms. The summed E-state index contributed by atoms with van der Waals surface area (Å²) in [5.74, 6) is 1.09. The minimum atomic E-state index is -0.00166. The molecule has 0 aliphatic carbocycles. The number of hydrogen-bond donors (Lipinski definition) is 1. The number of benzene rings is 1. The zero-order chi connectivity index (χ0) is 15.2. The van der Waals surface area contributed by atoms with Crippen molar-refractivity contribution in [1.29, 1.82) is 0 Å². The summed E-state index contributed by atoms with van der Waals surface area (Å²) < 4.78 is 6.21. The molecule has 5 nitrogen and oxygen atoms in total. The van der Waals surface area contributed by atoms with Crippen LogP contribution >= 0.6 is 15.9 Å². The fourth-order valence-electron chi connectivity index (χ4n) is 1.91. The summed E-state index contributed by atoms with van der Waals surface area (Å²) >= 11 is 3.41. The molecule has 0 saturated heterocycles. The molecule has 0 spiro atoms. The van der Waals surface area contributed by atoms with E-state index in [9.17, 15) is 4.79 Å². The van der Waals surface area contributed by atoms with E-state index in [0.717, 1.165) is 16.5 Å². The van der Waals surface area contributed by atoms with Crippen LogP contribution in [0.5, 0.6) is 0 Å². The standard InChI is InChI=1S/C15H18BrN3O2/c1-3-4-13(20)17-9-14-18-15(19-21-14)10(2)11-5-7-12(16)8-6-11/h5-8,10H,3-4,9H2,1-2H3,(H,17,20). The molecule has 0 aliphatic rings. The van der Waals surface area contributed by atoms with Gasteiger partial charge >= 0.3 is 0 Å². The molecule has 1 aromatic carbocycles. The van der Waals surface area contributed by atoms with E-state index in [2.05, 4.69) is 31.4 Å². The molecule has 1 unspecified atom stereocenters. The zero-order valence-corrected chi connectivity index (χ0v) is 13.7. The number of halogens is 1. The molecule has 2 aromatic rings. The maximum Gasteiger partial charge on any atom is 0.246 e. The Labute approximate surface area is 132 Å². The number of amides is 1. The summed E-state index contributed by atoms with van der Waals surface area (Å²) in [7, 11) is 0. The van der Waals surface area contributed by atoms with Gasteiger partial charge in [0.05, 0.1) is 6.54 Å². The molecule has 1 atom stereocenters. The van der Waals surface area contributed by atoms with Crippen molar-refractivity contribution in [2.45, 2.75) is 39.2 Å². The second-order valence-corrected chi connectivity index (χ2v) is 5.76. The molecule has 0 saturated carbocycles. The van der Waals surface area contributed by atoms with Gasteiger partial charge in [-0.2, -0.15) is 4.98 Å². The van der Waals surface area contributed by atoms with Crippen molar-refractivity contribution in [3.8, 4) is 0 Å². The van der Waals surface area contributed by atoms with Gasteiger partial charge in [-0.25, -0.2) is 0 Å². The van der Waals surface area contributed by atoms with E-state index in [1.165, 1.54) is 0 Å². The average Bonchev–Trinajstić information content (AvgIpc) is 2.94. The fraction of sp³-hybridized carbons (Fsp3) is 0.400. The van der Waals surface area contributed by atoms with Crippen LogP contribution in [-0.2, 0) is 11.3 Å². The molecule has 0 radical (unpaired) electrons. The average molecular weight is 352 g/mol. The summed E-state index contributed by atoms with van der Waals surface area (Å²) in [6.07, 6.45) is 1.33. The van der Waals surface area contributed by atoms with Crippen LogP contribution in [0.2, 0.25) is 0 Å². The lowest BCUT2D eigenvalue weighted by atomic mass is 10.0. The molecular formula is C15H18BrN3O2. The maximum absolute atomic E-state index is 11.4. The van der Waals surface area contributed by atoms with Gasteiger partial charge in [-0.3, -0.25) is 4.79 Å². The Morgan fingerprint density at radius 2 is 2.10 bits per heavy atom. The molecule has 1 amide bonds. The highest BCUT2D eigenvalue weighted by Crippen LogP contribution is 2.23. The Morgan fingerprint density at radius 1 is 1.38 bits per heavy atom. The summed E-state index contributed by atoms with van der Waals surface area (Å²) in [6, 6.07) is 8.01. The van der Waals surface area contributed by atoms with Gasteiger partial charge in [0.2, 0.25) is 11.8 Å². The van der Waals surface area contributed by atoms with Crippen molar-refractivity contribution in [1.82, 2.24) is 15.5 Å². The lowest BCUT2D eigenvalue weighted by Gasteiger charge is -2.06. The first-order valence-corrected chi connectivity index (χ1v) is 7.74. The van der Waals surface area contributed by atoms with Crippen LogP contribution in [0.3, 0.4) is 0 Å². The van der Waals surface area contributed by atoms with Crippen molar-refractivity contribution < 1.29 is 9.32 Å². The third-order valence-electron chi connectivity index (χ3n) is 3.15. The molecule has 0 aliphatic heterocycles.